The molecule has 2 rings (SSSR count). The molecule has 16 heavy (non-hydrogen) atoms. The molecular weight excluding hydrogens is 270 g/mol. The van der Waals surface area contributed by atoms with Crippen LogP contribution in [-0.2, 0) is 6.54 Å². The molecule has 0 amide bonds. The van der Waals surface area contributed by atoms with E-state index in [0.29, 0.717) is 4.47 Å². The van der Waals surface area contributed by atoms with Crippen LogP contribution in [0.25, 0.3) is 0 Å². The second-order valence-electron chi connectivity index (χ2n) is 4.22. The van der Waals surface area contributed by atoms with Gasteiger partial charge in [-0.15, -0.1) is 0 Å². The van der Waals surface area contributed by atoms with E-state index in [2.05, 4.69) is 26.2 Å². The zero-order valence-corrected chi connectivity index (χ0v) is 10.7. The maximum atomic E-state index is 11.7. The zero-order valence-electron chi connectivity index (χ0n) is 9.16. The molecule has 88 valence electrons. The van der Waals surface area contributed by atoms with E-state index in [0.717, 1.165) is 32.0 Å². The Balaban J connectivity index is 1.94. The molecule has 0 bridgehead atoms. The van der Waals surface area contributed by atoms with Crippen molar-refractivity contribution in [3.05, 3.63) is 27.4 Å². The highest BCUT2D eigenvalue weighted by molar-refractivity contribution is 9.10. The number of piperidine rings is 1. The van der Waals surface area contributed by atoms with E-state index in [9.17, 15) is 4.79 Å². The normalized spacial score (nSPS) is 17.6. The quantitative estimate of drug-likeness (QED) is 0.913. The summed E-state index contributed by atoms with van der Waals surface area (Å²) in [7, 11) is 0. The van der Waals surface area contributed by atoms with Crippen molar-refractivity contribution in [3.63, 3.8) is 0 Å². The number of nitrogens with one attached hydrogen (secondary N) is 1. The molecule has 2 heterocycles. The standard InChI is InChI=1S/C11H16BrN3O/c12-10-7-14-8-15(11(10)16)6-3-9-1-4-13-5-2-9/h7-9,13H,1-6H2. The van der Waals surface area contributed by atoms with Gasteiger partial charge >= 0.3 is 0 Å². The van der Waals surface area contributed by atoms with E-state index in [-0.39, 0.29) is 5.56 Å². The first kappa shape index (κ1) is 11.8. The highest BCUT2D eigenvalue weighted by atomic mass is 79.9. The average molecular weight is 286 g/mol. The molecule has 1 N–H and O–H groups in total. The van der Waals surface area contributed by atoms with Crippen molar-refractivity contribution in [3.8, 4) is 0 Å². The molecule has 0 spiro atoms. The summed E-state index contributed by atoms with van der Waals surface area (Å²) in [5, 5.41) is 3.35. The SMILES string of the molecule is O=c1c(Br)cncn1CCC1CCNCC1. The molecule has 0 unspecified atom stereocenters. The van der Waals surface area contributed by atoms with Crippen molar-refractivity contribution < 1.29 is 0 Å². The molecular formula is C11H16BrN3O. The topological polar surface area (TPSA) is 46.9 Å². The molecule has 1 aromatic heterocycles. The summed E-state index contributed by atoms with van der Waals surface area (Å²) in [4.78, 5) is 15.7. The van der Waals surface area contributed by atoms with Crippen LogP contribution in [-0.4, -0.2) is 22.6 Å². The summed E-state index contributed by atoms with van der Waals surface area (Å²) in [6, 6.07) is 0. The Bertz CT molecular complexity index is 398. The first-order valence-electron chi connectivity index (χ1n) is 5.68. The third-order valence-corrected chi connectivity index (χ3v) is 3.64. The van der Waals surface area contributed by atoms with E-state index in [1.807, 2.05) is 0 Å². The second-order valence-corrected chi connectivity index (χ2v) is 5.08. The molecule has 1 aliphatic rings. The predicted molar refractivity (Wildman–Crippen MR) is 66.4 cm³/mol. The minimum absolute atomic E-state index is 0.0175. The van der Waals surface area contributed by atoms with Gasteiger partial charge in [-0.2, -0.15) is 0 Å². The van der Waals surface area contributed by atoms with Crippen molar-refractivity contribution in [1.29, 1.82) is 0 Å². The van der Waals surface area contributed by atoms with Crippen LogP contribution < -0.4 is 10.9 Å². The van der Waals surface area contributed by atoms with Crippen molar-refractivity contribution in [2.24, 2.45) is 5.92 Å². The van der Waals surface area contributed by atoms with Gasteiger partial charge in [-0.1, -0.05) is 0 Å². The van der Waals surface area contributed by atoms with Crippen molar-refractivity contribution >= 4 is 15.9 Å². The van der Waals surface area contributed by atoms with E-state index >= 15 is 0 Å². The van der Waals surface area contributed by atoms with Crippen LogP contribution in [0.5, 0.6) is 0 Å². The fraction of sp³-hybridized carbons (Fsp3) is 0.636. The van der Waals surface area contributed by atoms with Crippen LogP contribution in [0.15, 0.2) is 21.8 Å². The van der Waals surface area contributed by atoms with Crippen LogP contribution in [0.4, 0.5) is 0 Å². The smallest absolute Gasteiger partial charge is 0.267 e. The van der Waals surface area contributed by atoms with Crippen molar-refractivity contribution in [2.45, 2.75) is 25.8 Å². The van der Waals surface area contributed by atoms with Crippen molar-refractivity contribution in [1.82, 2.24) is 14.9 Å². The maximum absolute atomic E-state index is 11.7. The Hall–Kier alpha value is -0.680. The predicted octanol–water partition coefficient (Wildman–Crippen LogP) is 1.40. The Labute approximate surface area is 103 Å². The summed E-state index contributed by atoms with van der Waals surface area (Å²) in [6.45, 7) is 2.99. The first-order chi connectivity index (χ1) is 7.77. The fourth-order valence-electron chi connectivity index (χ4n) is 2.08. The van der Waals surface area contributed by atoms with Gasteiger partial charge < -0.3 is 5.32 Å². The van der Waals surface area contributed by atoms with Crippen LogP contribution in [0.3, 0.4) is 0 Å². The molecule has 1 aliphatic heterocycles. The minimum Gasteiger partial charge on any atom is -0.317 e. The maximum Gasteiger partial charge on any atom is 0.267 e. The lowest BCUT2D eigenvalue weighted by Crippen LogP contribution is -2.29. The van der Waals surface area contributed by atoms with Gasteiger partial charge in [0.1, 0.15) is 4.47 Å². The van der Waals surface area contributed by atoms with Gasteiger partial charge in [0, 0.05) is 12.7 Å². The number of halogens is 1. The summed E-state index contributed by atoms with van der Waals surface area (Å²) in [5.74, 6) is 0.743. The summed E-state index contributed by atoms with van der Waals surface area (Å²) in [6.07, 6.45) is 6.67. The molecule has 0 radical (unpaired) electrons. The molecule has 4 nitrogen and oxygen atoms in total. The van der Waals surface area contributed by atoms with Gasteiger partial charge in [0.25, 0.3) is 5.56 Å². The Morgan fingerprint density at radius 1 is 1.50 bits per heavy atom. The largest absolute Gasteiger partial charge is 0.317 e. The first-order valence-corrected chi connectivity index (χ1v) is 6.47. The lowest BCUT2D eigenvalue weighted by atomic mass is 9.95. The lowest BCUT2D eigenvalue weighted by Gasteiger charge is -2.22. The summed E-state index contributed by atoms with van der Waals surface area (Å²) >= 11 is 3.21. The zero-order chi connectivity index (χ0) is 11.4. The monoisotopic (exact) mass is 285 g/mol. The highest BCUT2D eigenvalue weighted by Gasteiger charge is 2.13. The van der Waals surface area contributed by atoms with E-state index in [1.54, 1.807) is 17.1 Å². The second kappa shape index (κ2) is 5.59. The van der Waals surface area contributed by atoms with Crippen LogP contribution in [0.1, 0.15) is 19.3 Å². The third kappa shape index (κ3) is 2.92. The van der Waals surface area contributed by atoms with Crippen molar-refractivity contribution in [2.75, 3.05) is 13.1 Å². The van der Waals surface area contributed by atoms with Gasteiger partial charge in [-0.3, -0.25) is 9.36 Å². The Morgan fingerprint density at radius 2 is 2.25 bits per heavy atom. The molecule has 0 aromatic carbocycles. The third-order valence-electron chi connectivity index (χ3n) is 3.10. The highest BCUT2D eigenvalue weighted by Crippen LogP contribution is 2.16. The minimum atomic E-state index is 0.0175. The van der Waals surface area contributed by atoms with Gasteiger partial charge in [-0.25, -0.2) is 4.98 Å². The van der Waals surface area contributed by atoms with E-state index < -0.39 is 0 Å². The van der Waals surface area contributed by atoms with Crippen LogP contribution in [0.2, 0.25) is 0 Å². The lowest BCUT2D eigenvalue weighted by molar-refractivity contribution is 0.335. The number of rotatable bonds is 3. The van der Waals surface area contributed by atoms with Gasteiger partial charge in [0.15, 0.2) is 0 Å². The number of aromatic nitrogens is 2. The van der Waals surface area contributed by atoms with Gasteiger partial charge in [0.05, 0.1) is 6.33 Å². The number of aryl methyl sites for hydroxylation is 1. The molecule has 0 atom stereocenters. The number of hydrogen-bond acceptors (Lipinski definition) is 3. The van der Waals surface area contributed by atoms with Gasteiger partial charge in [-0.05, 0) is 54.2 Å². The molecule has 1 saturated heterocycles. The Kier molecular flexibility index (Phi) is 4.12. The number of nitrogens with zero attached hydrogens (tertiary/aromatic N) is 2. The molecule has 0 saturated carbocycles. The molecule has 0 aliphatic carbocycles. The molecule has 1 aromatic rings. The van der Waals surface area contributed by atoms with E-state index in [1.165, 1.54) is 12.8 Å². The van der Waals surface area contributed by atoms with E-state index in [4.69, 9.17) is 0 Å². The molecule has 1 fully saturated rings. The van der Waals surface area contributed by atoms with Gasteiger partial charge in [0.2, 0.25) is 0 Å². The average Bonchev–Trinajstić information content (AvgIpc) is 2.32. The van der Waals surface area contributed by atoms with Crippen LogP contribution in [0, 0.1) is 5.92 Å². The van der Waals surface area contributed by atoms with Crippen LogP contribution >= 0.6 is 15.9 Å². The summed E-state index contributed by atoms with van der Waals surface area (Å²) in [5.41, 5.74) is 0.0175. The fourth-order valence-corrected chi connectivity index (χ4v) is 2.42. The Morgan fingerprint density at radius 3 is 3.00 bits per heavy atom. The number of hydrogen-bond donors (Lipinski definition) is 1. The summed E-state index contributed by atoms with van der Waals surface area (Å²) < 4.78 is 2.23. The molecule has 5 heteroatoms.